The van der Waals surface area contributed by atoms with Gasteiger partial charge in [0.05, 0.1) is 11.3 Å². The monoisotopic (exact) mass is 349 g/mol. The Kier molecular flexibility index (Phi) is 4.50. The highest BCUT2D eigenvalue weighted by atomic mass is 79.9. The highest BCUT2D eigenvalue weighted by Crippen LogP contribution is 2.23. The number of benzene rings is 1. The van der Waals surface area contributed by atoms with Crippen LogP contribution in [0.4, 0.5) is 10.1 Å². The first-order valence-electron chi connectivity index (χ1n) is 5.78. The van der Waals surface area contributed by atoms with Crippen LogP contribution in [0.5, 0.6) is 0 Å². The maximum Gasteiger partial charge on any atom is 0.339 e. The minimum absolute atomic E-state index is 0.0280. The summed E-state index contributed by atoms with van der Waals surface area (Å²) in [6.45, 7) is -0.0280. The second-order valence-corrected chi connectivity index (χ2v) is 4.95. The van der Waals surface area contributed by atoms with Crippen LogP contribution in [0.15, 0.2) is 34.9 Å². The lowest BCUT2D eigenvalue weighted by Gasteiger charge is -2.08. The number of rotatable bonds is 3. The SMILES string of the molecule is N#Cc1cc(COC(=O)c2cc(N)c(F)cc2Br)ccn1. The quantitative estimate of drug-likeness (QED) is 0.679. The van der Waals surface area contributed by atoms with Gasteiger partial charge in [0, 0.05) is 10.7 Å². The smallest absolute Gasteiger partial charge is 0.339 e. The average Bonchev–Trinajstić information content (AvgIpc) is 2.48. The van der Waals surface area contributed by atoms with Crippen LogP contribution in [0.1, 0.15) is 21.6 Å². The van der Waals surface area contributed by atoms with Crippen LogP contribution in [0.25, 0.3) is 0 Å². The summed E-state index contributed by atoms with van der Waals surface area (Å²) in [4.78, 5) is 15.8. The van der Waals surface area contributed by atoms with Gasteiger partial charge < -0.3 is 10.5 Å². The van der Waals surface area contributed by atoms with Crippen molar-refractivity contribution >= 4 is 27.6 Å². The van der Waals surface area contributed by atoms with E-state index in [1.165, 1.54) is 18.3 Å². The molecule has 0 fully saturated rings. The number of pyridine rings is 1. The van der Waals surface area contributed by atoms with Gasteiger partial charge >= 0.3 is 5.97 Å². The number of anilines is 1. The fourth-order valence-corrected chi connectivity index (χ4v) is 2.05. The molecule has 0 saturated carbocycles. The first kappa shape index (κ1) is 14.9. The van der Waals surface area contributed by atoms with Crippen LogP contribution in [-0.2, 0) is 11.3 Å². The maximum absolute atomic E-state index is 13.2. The number of nitrogens with two attached hydrogens (primary N) is 1. The summed E-state index contributed by atoms with van der Waals surface area (Å²) in [5.41, 5.74) is 6.27. The van der Waals surface area contributed by atoms with Crippen molar-refractivity contribution in [3.05, 3.63) is 57.6 Å². The zero-order chi connectivity index (χ0) is 15.4. The zero-order valence-corrected chi connectivity index (χ0v) is 12.2. The molecule has 21 heavy (non-hydrogen) atoms. The van der Waals surface area contributed by atoms with Gasteiger partial charge in [-0.3, -0.25) is 0 Å². The number of nitrogens with zero attached hydrogens (tertiary/aromatic N) is 2. The largest absolute Gasteiger partial charge is 0.457 e. The molecule has 0 unspecified atom stereocenters. The zero-order valence-electron chi connectivity index (χ0n) is 10.6. The van der Waals surface area contributed by atoms with Gasteiger partial charge in [-0.05, 0) is 45.8 Å². The van der Waals surface area contributed by atoms with E-state index in [4.69, 9.17) is 15.7 Å². The number of nitriles is 1. The normalized spacial score (nSPS) is 9.95. The predicted octanol–water partition coefficient (Wildman–Crippen LogP) is 2.79. The van der Waals surface area contributed by atoms with Gasteiger partial charge in [-0.25, -0.2) is 14.2 Å². The molecule has 1 heterocycles. The summed E-state index contributed by atoms with van der Waals surface area (Å²) in [6.07, 6.45) is 1.45. The van der Waals surface area contributed by atoms with Gasteiger partial charge in [-0.15, -0.1) is 0 Å². The molecule has 0 amide bonds. The van der Waals surface area contributed by atoms with Crippen LogP contribution in [0.2, 0.25) is 0 Å². The van der Waals surface area contributed by atoms with E-state index in [2.05, 4.69) is 20.9 Å². The van der Waals surface area contributed by atoms with Crippen molar-refractivity contribution in [3.63, 3.8) is 0 Å². The Morgan fingerprint density at radius 2 is 2.24 bits per heavy atom. The molecule has 0 aliphatic heterocycles. The highest BCUT2D eigenvalue weighted by molar-refractivity contribution is 9.10. The fraction of sp³-hybridized carbons (Fsp3) is 0.0714. The molecule has 1 aromatic carbocycles. The number of aromatic nitrogens is 1. The number of carbonyl (C=O) groups excluding carboxylic acids is 1. The van der Waals surface area contributed by atoms with Crippen LogP contribution in [-0.4, -0.2) is 11.0 Å². The summed E-state index contributed by atoms with van der Waals surface area (Å²) in [5, 5.41) is 8.73. The topological polar surface area (TPSA) is 89.0 Å². The molecule has 0 saturated heterocycles. The van der Waals surface area contributed by atoms with E-state index < -0.39 is 11.8 Å². The van der Waals surface area contributed by atoms with Crippen molar-refractivity contribution in [1.82, 2.24) is 4.98 Å². The van der Waals surface area contributed by atoms with E-state index in [9.17, 15) is 9.18 Å². The first-order valence-corrected chi connectivity index (χ1v) is 6.57. The van der Waals surface area contributed by atoms with Crippen LogP contribution in [0, 0.1) is 17.1 Å². The number of hydrogen-bond acceptors (Lipinski definition) is 5. The summed E-state index contributed by atoms with van der Waals surface area (Å²) < 4.78 is 18.6. The molecule has 0 aliphatic carbocycles. The number of esters is 1. The molecule has 2 N–H and O–H groups in total. The Bertz CT molecular complexity index is 743. The third-order valence-corrected chi connectivity index (χ3v) is 3.27. The predicted molar refractivity (Wildman–Crippen MR) is 76.6 cm³/mol. The second-order valence-electron chi connectivity index (χ2n) is 4.09. The summed E-state index contributed by atoms with van der Waals surface area (Å²) >= 11 is 3.08. The van der Waals surface area contributed by atoms with E-state index in [0.717, 1.165) is 6.07 Å². The Morgan fingerprint density at radius 1 is 1.48 bits per heavy atom. The number of carbonyl (C=O) groups is 1. The molecular formula is C14H9BrFN3O2. The Hall–Kier alpha value is -2.46. The first-order chi connectivity index (χ1) is 10.0. The molecule has 0 radical (unpaired) electrons. The third-order valence-electron chi connectivity index (χ3n) is 2.62. The number of halogens is 2. The minimum atomic E-state index is -0.649. The minimum Gasteiger partial charge on any atom is -0.457 e. The Balaban J connectivity index is 2.12. The molecule has 106 valence electrons. The molecule has 0 aliphatic rings. The van der Waals surface area contributed by atoms with Crippen molar-refractivity contribution in [2.45, 2.75) is 6.61 Å². The van der Waals surface area contributed by atoms with Gasteiger partial charge in [0.1, 0.15) is 24.2 Å². The van der Waals surface area contributed by atoms with Gasteiger partial charge in [-0.2, -0.15) is 5.26 Å². The third kappa shape index (κ3) is 3.55. The van der Waals surface area contributed by atoms with Crippen molar-refractivity contribution in [3.8, 4) is 6.07 Å². The fourth-order valence-electron chi connectivity index (χ4n) is 1.57. The molecule has 0 bridgehead atoms. The van der Waals surface area contributed by atoms with E-state index in [1.54, 1.807) is 6.07 Å². The molecule has 5 nitrogen and oxygen atoms in total. The van der Waals surface area contributed by atoms with Gasteiger partial charge in [0.2, 0.25) is 0 Å². The number of nitrogen functional groups attached to an aromatic ring is 1. The van der Waals surface area contributed by atoms with Gasteiger partial charge in [0.25, 0.3) is 0 Å². The molecule has 0 atom stereocenters. The lowest BCUT2D eigenvalue weighted by atomic mass is 10.2. The summed E-state index contributed by atoms with van der Waals surface area (Å²) in [6, 6.07) is 7.34. The van der Waals surface area contributed by atoms with Crippen LogP contribution >= 0.6 is 15.9 Å². The Labute approximate surface area is 128 Å². The van der Waals surface area contributed by atoms with E-state index >= 15 is 0 Å². The second kappa shape index (κ2) is 6.33. The maximum atomic E-state index is 13.2. The van der Waals surface area contributed by atoms with E-state index in [0.29, 0.717) is 5.56 Å². The lowest BCUT2D eigenvalue weighted by molar-refractivity contribution is 0.0471. The van der Waals surface area contributed by atoms with Crippen molar-refractivity contribution < 1.29 is 13.9 Å². The van der Waals surface area contributed by atoms with Crippen LogP contribution in [0.3, 0.4) is 0 Å². The lowest BCUT2D eigenvalue weighted by Crippen LogP contribution is -2.08. The van der Waals surface area contributed by atoms with E-state index in [-0.39, 0.29) is 28.0 Å². The highest BCUT2D eigenvalue weighted by Gasteiger charge is 2.15. The Morgan fingerprint density at radius 3 is 2.95 bits per heavy atom. The summed E-state index contributed by atoms with van der Waals surface area (Å²) in [5.74, 6) is -1.27. The van der Waals surface area contributed by atoms with Gasteiger partial charge in [0.15, 0.2) is 0 Å². The molecule has 0 spiro atoms. The molecular weight excluding hydrogens is 341 g/mol. The standard InChI is InChI=1S/C14H9BrFN3O2/c15-11-5-12(16)13(18)4-10(11)14(20)21-7-8-1-2-19-9(3-8)6-17/h1-5H,7,18H2. The molecule has 2 rings (SSSR count). The van der Waals surface area contributed by atoms with Crippen molar-refractivity contribution in [2.24, 2.45) is 0 Å². The molecule has 7 heteroatoms. The summed E-state index contributed by atoms with van der Waals surface area (Å²) in [7, 11) is 0. The van der Waals surface area contributed by atoms with E-state index in [1.807, 2.05) is 6.07 Å². The molecule has 2 aromatic rings. The molecule has 1 aromatic heterocycles. The van der Waals surface area contributed by atoms with Crippen LogP contribution < -0.4 is 5.73 Å². The number of ether oxygens (including phenoxy) is 1. The average molecular weight is 350 g/mol. The number of hydrogen-bond donors (Lipinski definition) is 1. The van der Waals surface area contributed by atoms with Gasteiger partial charge in [-0.1, -0.05) is 0 Å². The van der Waals surface area contributed by atoms with Crippen molar-refractivity contribution in [1.29, 1.82) is 5.26 Å². The van der Waals surface area contributed by atoms with Crippen molar-refractivity contribution in [2.75, 3.05) is 5.73 Å².